The molecular formula is C32H47N3O3. The molecule has 0 spiro atoms. The lowest BCUT2D eigenvalue weighted by atomic mass is 9.53. The van der Waals surface area contributed by atoms with Crippen LogP contribution < -0.4 is 4.74 Å². The molecule has 1 aliphatic heterocycles. The van der Waals surface area contributed by atoms with Gasteiger partial charge in [0.25, 0.3) is 0 Å². The van der Waals surface area contributed by atoms with Crippen molar-refractivity contribution in [3.05, 3.63) is 28.8 Å². The monoisotopic (exact) mass is 521 g/mol. The standard InChI is InChI=1S/C32H47N3O3/c1-6-14-33(4)22-30(36)35-17-15-34(16-18-35)21-24-19-27-23(20-29(24)38-5)8-9-26-25(27)10-12-31(3)28(26)11-13-32(31,37)7-2/h2,19-20,25-26,28,37H,6,8-18,21-22H2,1,3-5H3. The Hall–Kier alpha value is -2.07. The molecule has 1 amide bonds. The topological polar surface area (TPSA) is 56.3 Å². The fourth-order valence-corrected chi connectivity index (χ4v) is 8.40. The number of aryl methyl sites for hydroxylation is 1. The van der Waals surface area contributed by atoms with Crippen LogP contribution in [-0.2, 0) is 17.8 Å². The zero-order valence-electron chi connectivity index (χ0n) is 24.0. The number of benzene rings is 1. The summed E-state index contributed by atoms with van der Waals surface area (Å²) in [7, 11) is 3.81. The zero-order valence-corrected chi connectivity index (χ0v) is 24.0. The molecule has 5 unspecified atom stereocenters. The Morgan fingerprint density at radius 3 is 2.66 bits per heavy atom. The average Bonchev–Trinajstić information content (AvgIpc) is 3.19. The van der Waals surface area contributed by atoms with Crippen molar-refractivity contribution >= 4 is 5.91 Å². The van der Waals surface area contributed by atoms with Crippen LogP contribution >= 0.6 is 0 Å². The van der Waals surface area contributed by atoms with Gasteiger partial charge in [0.1, 0.15) is 11.4 Å². The molecule has 6 nitrogen and oxygen atoms in total. The number of terminal acetylenes is 1. The Morgan fingerprint density at radius 1 is 1.21 bits per heavy atom. The number of piperazine rings is 1. The fraction of sp³-hybridized carbons (Fsp3) is 0.719. The van der Waals surface area contributed by atoms with E-state index in [9.17, 15) is 9.90 Å². The second-order valence-corrected chi connectivity index (χ2v) is 12.7. The van der Waals surface area contributed by atoms with E-state index in [1.54, 1.807) is 7.11 Å². The number of aliphatic hydroxyl groups is 1. The van der Waals surface area contributed by atoms with Crippen molar-refractivity contribution in [2.75, 3.05) is 53.4 Å². The molecule has 1 heterocycles. The third-order valence-electron chi connectivity index (χ3n) is 10.6. The van der Waals surface area contributed by atoms with Gasteiger partial charge in [-0.3, -0.25) is 14.6 Å². The maximum absolute atomic E-state index is 12.7. The smallest absolute Gasteiger partial charge is 0.236 e. The minimum atomic E-state index is -0.955. The number of carbonyl (C=O) groups excluding carboxylic acids is 1. The van der Waals surface area contributed by atoms with Gasteiger partial charge in [-0.25, -0.2) is 0 Å². The van der Waals surface area contributed by atoms with Crippen LogP contribution in [-0.4, -0.2) is 84.7 Å². The highest BCUT2D eigenvalue weighted by atomic mass is 16.5. The maximum Gasteiger partial charge on any atom is 0.236 e. The first-order valence-electron chi connectivity index (χ1n) is 14.8. The van der Waals surface area contributed by atoms with Crippen LogP contribution in [0.2, 0.25) is 0 Å². The molecule has 2 saturated carbocycles. The third-order valence-corrected chi connectivity index (χ3v) is 10.6. The number of likely N-dealkylation sites (N-methyl/N-ethyl adjacent to an activating group) is 1. The van der Waals surface area contributed by atoms with Crippen LogP contribution in [0.15, 0.2) is 12.1 Å². The van der Waals surface area contributed by atoms with Crippen molar-refractivity contribution < 1.29 is 14.6 Å². The van der Waals surface area contributed by atoms with Crippen molar-refractivity contribution in [3.63, 3.8) is 0 Å². The van der Waals surface area contributed by atoms with Gasteiger partial charge in [0.2, 0.25) is 5.91 Å². The number of amides is 1. The van der Waals surface area contributed by atoms with Gasteiger partial charge in [0.05, 0.1) is 13.7 Å². The van der Waals surface area contributed by atoms with Gasteiger partial charge >= 0.3 is 0 Å². The summed E-state index contributed by atoms with van der Waals surface area (Å²) in [5.41, 5.74) is 3.07. The van der Waals surface area contributed by atoms with Crippen molar-refractivity contribution in [2.24, 2.45) is 17.3 Å². The number of ether oxygens (including phenoxy) is 1. The number of methoxy groups -OCH3 is 1. The Balaban J connectivity index is 1.28. The predicted octanol–water partition coefficient (Wildman–Crippen LogP) is 3.90. The predicted molar refractivity (Wildman–Crippen MR) is 151 cm³/mol. The molecule has 6 heteroatoms. The maximum atomic E-state index is 12.7. The first-order valence-corrected chi connectivity index (χ1v) is 14.8. The molecule has 0 aromatic heterocycles. The SMILES string of the molecule is C#CC1(O)CCC2C3CCc4cc(OC)c(CN5CCN(C(=O)CN(C)CCC)CC5)cc4C3CCC21C. The number of nitrogens with zero attached hydrogens (tertiary/aromatic N) is 3. The van der Waals surface area contributed by atoms with E-state index in [4.69, 9.17) is 11.2 Å². The number of fused-ring (bicyclic) bond motifs is 5. The van der Waals surface area contributed by atoms with Crippen LogP contribution in [0.4, 0.5) is 0 Å². The Bertz CT molecular complexity index is 1070. The highest BCUT2D eigenvalue weighted by molar-refractivity contribution is 5.78. The van der Waals surface area contributed by atoms with Gasteiger partial charge in [-0.15, -0.1) is 6.42 Å². The summed E-state index contributed by atoms with van der Waals surface area (Å²) in [5.74, 6) is 5.64. The number of rotatable bonds is 7. The van der Waals surface area contributed by atoms with E-state index in [0.29, 0.717) is 24.3 Å². The Labute approximate surface area is 229 Å². The summed E-state index contributed by atoms with van der Waals surface area (Å²) >= 11 is 0. The molecule has 3 fully saturated rings. The molecule has 208 valence electrons. The van der Waals surface area contributed by atoms with Gasteiger partial charge in [-0.05, 0) is 93.5 Å². The first kappa shape index (κ1) is 27.5. The highest BCUT2D eigenvalue weighted by Crippen LogP contribution is 2.64. The molecule has 3 aliphatic carbocycles. The summed E-state index contributed by atoms with van der Waals surface area (Å²) < 4.78 is 5.89. The fourth-order valence-electron chi connectivity index (χ4n) is 8.40. The summed E-state index contributed by atoms with van der Waals surface area (Å²) in [6, 6.07) is 4.73. The lowest BCUT2D eigenvalue weighted by Crippen LogP contribution is -2.50. The molecule has 1 aromatic rings. The highest BCUT2D eigenvalue weighted by Gasteiger charge is 2.61. The van der Waals surface area contributed by atoms with Crippen molar-refractivity contribution in [1.29, 1.82) is 0 Å². The molecule has 5 atom stereocenters. The van der Waals surface area contributed by atoms with E-state index in [0.717, 1.165) is 83.5 Å². The largest absolute Gasteiger partial charge is 0.496 e. The summed E-state index contributed by atoms with van der Waals surface area (Å²) in [5, 5.41) is 11.3. The first-order chi connectivity index (χ1) is 18.2. The van der Waals surface area contributed by atoms with Gasteiger partial charge in [-0.2, -0.15) is 0 Å². The third kappa shape index (κ3) is 4.76. The number of hydrogen-bond acceptors (Lipinski definition) is 5. The second kappa shape index (κ2) is 10.8. The van der Waals surface area contributed by atoms with E-state index in [1.807, 2.05) is 11.9 Å². The van der Waals surface area contributed by atoms with E-state index >= 15 is 0 Å². The quantitative estimate of drug-likeness (QED) is 0.552. The summed E-state index contributed by atoms with van der Waals surface area (Å²) in [4.78, 5) is 19.3. The van der Waals surface area contributed by atoms with Crippen LogP contribution in [0.25, 0.3) is 0 Å². The molecule has 0 bridgehead atoms. The molecule has 4 aliphatic rings. The van der Waals surface area contributed by atoms with Crippen LogP contribution in [0.3, 0.4) is 0 Å². The van der Waals surface area contributed by atoms with Crippen LogP contribution in [0.5, 0.6) is 5.75 Å². The Kier molecular flexibility index (Phi) is 7.84. The van der Waals surface area contributed by atoms with Gasteiger partial charge in [-0.1, -0.05) is 25.8 Å². The van der Waals surface area contributed by atoms with Crippen LogP contribution in [0.1, 0.15) is 75.0 Å². The van der Waals surface area contributed by atoms with E-state index in [-0.39, 0.29) is 11.3 Å². The number of hydrogen-bond donors (Lipinski definition) is 1. The van der Waals surface area contributed by atoms with Gasteiger partial charge in [0, 0.05) is 43.7 Å². The minimum Gasteiger partial charge on any atom is -0.496 e. The minimum absolute atomic E-state index is 0.168. The lowest BCUT2D eigenvalue weighted by Gasteiger charge is -2.52. The average molecular weight is 522 g/mol. The summed E-state index contributed by atoms with van der Waals surface area (Å²) in [6.45, 7) is 10.1. The Morgan fingerprint density at radius 2 is 1.97 bits per heavy atom. The molecular weight excluding hydrogens is 474 g/mol. The van der Waals surface area contributed by atoms with Crippen molar-refractivity contribution in [2.45, 2.75) is 76.9 Å². The zero-order chi connectivity index (χ0) is 27.1. The number of carbonyl (C=O) groups is 1. The van der Waals surface area contributed by atoms with Gasteiger partial charge < -0.3 is 14.7 Å². The normalized spacial score (nSPS) is 32.9. The molecule has 1 N–H and O–H groups in total. The van der Waals surface area contributed by atoms with Crippen molar-refractivity contribution in [3.8, 4) is 18.1 Å². The van der Waals surface area contributed by atoms with E-state index < -0.39 is 5.60 Å². The molecule has 5 rings (SSSR count). The lowest BCUT2D eigenvalue weighted by molar-refractivity contribution is -0.133. The van der Waals surface area contributed by atoms with Gasteiger partial charge in [0.15, 0.2) is 0 Å². The molecule has 0 radical (unpaired) electrons. The second-order valence-electron chi connectivity index (χ2n) is 12.7. The molecule has 1 aromatic carbocycles. The molecule has 1 saturated heterocycles. The van der Waals surface area contributed by atoms with Crippen LogP contribution in [0, 0.1) is 29.6 Å². The summed E-state index contributed by atoms with van der Waals surface area (Å²) in [6.07, 6.45) is 13.0. The van der Waals surface area contributed by atoms with Crippen molar-refractivity contribution in [1.82, 2.24) is 14.7 Å². The van der Waals surface area contributed by atoms with E-state index in [1.165, 1.54) is 23.1 Å². The van der Waals surface area contributed by atoms with E-state index in [2.05, 4.69) is 41.7 Å². The molecule has 38 heavy (non-hydrogen) atoms.